The van der Waals surface area contributed by atoms with Crippen molar-refractivity contribution >= 4 is 12.1 Å². The van der Waals surface area contributed by atoms with E-state index in [9.17, 15) is 14.0 Å². The number of fused-ring (bicyclic) bond motifs is 1. The van der Waals surface area contributed by atoms with E-state index < -0.39 is 29.6 Å². The van der Waals surface area contributed by atoms with Gasteiger partial charge in [0.25, 0.3) is 0 Å². The first-order valence-corrected chi connectivity index (χ1v) is 8.26. The number of hydrogen-bond acceptors (Lipinski definition) is 5. The number of hydrogen-bond donors (Lipinski definition) is 1. The Labute approximate surface area is 146 Å². The van der Waals surface area contributed by atoms with Gasteiger partial charge in [-0.25, -0.2) is 14.0 Å². The Morgan fingerprint density at radius 3 is 2.68 bits per heavy atom. The van der Waals surface area contributed by atoms with Gasteiger partial charge in [0.2, 0.25) is 0 Å². The minimum Gasteiger partial charge on any atom is -0.487 e. The number of rotatable bonds is 4. The smallest absolute Gasteiger partial charge is 0.407 e. The van der Waals surface area contributed by atoms with Crippen LogP contribution in [0.1, 0.15) is 50.5 Å². The highest BCUT2D eigenvalue weighted by atomic mass is 19.1. The second-order valence-corrected chi connectivity index (χ2v) is 6.96. The molecule has 0 aromatic heterocycles. The van der Waals surface area contributed by atoms with E-state index >= 15 is 0 Å². The minimum absolute atomic E-state index is 0.0591. The van der Waals surface area contributed by atoms with Gasteiger partial charge in [0.05, 0.1) is 12.6 Å². The lowest BCUT2D eigenvalue weighted by Gasteiger charge is -2.24. The molecule has 1 aromatic carbocycles. The normalized spacial score (nSPS) is 17.3. The van der Waals surface area contributed by atoms with Crippen molar-refractivity contribution in [3.63, 3.8) is 0 Å². The molecule has 2 rings (SSSR count). The Balaban J connectivity index is 2.11. The van der Waals surface area contributed by atoms with Gasteiger partial charge in [-0.3, -0.25) is 0 Å². The summed E-state index contributed by atoms with van der Waals surface area (Å²) in [5.74, 6) is -0.854. The summed E-state index contributed by atoms with van der Waals surface area (Å²) in [7, 11) is 0. The fourth-order valence-corrected chi connectivity index (χ4v) is 2.58. The highest BCUT2D eigenvalue weighted by Crippen LogP contribution is 2.35. The number of esters is 1. The van der Waals surface area contributed by atoms with Crippen LogP contribution in [0.25, 0.3) is 0 Å². The van der Waals surface area contributed by atoms with E-state index in [4.69, 9.17) is 14.2 Å². The van der Waals surface area contributed by atoms with Crippen LogP contribution in [-0.2, 0) is 15.9 Å². The second kappa shape index (κ2) is 7.29. The Morgan fingerprint density at radius 1 is 1.40 bits per heavy atom. The standard InChI is InChI=1S/C18H24FNO5/c1-6-23-16(21)13-9-12(19)7-11-8-14(24-15(11)13)10(2)20-17(22)25-18(3,4)5/h7,9-10,14H,6,8H2,1-5H3,(H,20,22). The zero-order chi connectivity index (χ0) is 18.8. The van der Waals surface area contributed by atoms with Gasteiger partial charge in [-0.05, 0) is 46.8 Å². The summed E-state index contributed by atoms with van der Waals surface area (Å²) < 4.78 is 29.8. The molecule has 2 unspecified atom stereocenters. The molecule has 0 bridgehead atoms. The maximum atomic E-state index is 13.8. The van der Waals surface area contributed by atoms with E-state index in [1.54, 1.807) is 34.6 Å². The molecule has 1 amide bonds. The molecular weight excluding hydrogens is 329 g/mol. The van der Waals surface area contributed by atoms with Gasteiger partial charge in [-0.1, -0.05) is 0 Å². The van der Waals surface area contributed by atoms with Gasteiger partial charge >= 0.3 is 12.1 Å². The predicted molar refractivity (Wildman–Crippen MR) is 89.3 cm³/mol. The summed E-state index contributed by atoms with van der Waals surface area (Å²) >= 11 is 0. The first-order chi connectivity index (χ1) is 11.6. The molecule has 1 N–H and O–H groups in total. The fourth-order valence-electron chi connectivity index (χ4n) is 2.58. The van der Waals surface area contributed by atoms with E-state index in [2.05, 4.69) is 5.32 Å². The van der Waals surface area contributed by atoms with E-state index in [0.717, 1.165) is 6.07 Å². The molecule has 25 heavy (non-hydrogen) atoms. The van der Waals surface area contributed by atoms with Crippen molar-refractivity contribution < 1.29 is 28.2 Å². The number of ether oxygens (including phenoxy) is 3. The van der Waals surface area contributed by atoms with Crippen molar-refractivity contribution in [1.29, 1.82) is 0 Å². The van der Waals surface area contributed by atoms with Crippen molar-refractivity contribution in [2.24, 2.45) is 0 Å². The predicted octanol–water partition coefficient (Wildman–Crippen LogP) is 3.22. The van der Waals surface area contributed by atoms with Gasteiger partial charge < -0.3 is 19.5 Å². The molecule has 0 radical (unpaired) electrons. The number of carbonyl (C=O) groups excluding carboxylic acids is 2. The van der Waals surface area contributed by atoms with Gasteiger partial charge in [-0.2, -0.15) is 0 Å². The van der Waals surface area contributed by atoms with E-state index in [-0.39, 0.29) is 18.2 Å². The molecule has 0 aliphatic carbocycles. The molecule has 6 nitrogen and oxygen atoms in total. The third kappa shape index (κ3) is 4.84. The average Bonchev–Trinajstić information content (AvgIpc) is 2.88. The number of carbonyl (C=O) groups is 2. The van der Waals surface area contributed by atoms with Gasteiger partial charge in [0.1, 0.15) is 28.8 Å². The van der Waals surface area contributed by atoms with Crippen LogP contribution in [0.4, 0.5) is 9.18 Å². The van der Waals surface area contributed by atoms with Crippen LogP contribution in [0.15, 0.2) is 12.1 Å². The van der Waals surface area contributed by atoms with Gasteiger partial charge in [0.15, 0.2) is 0 Å². The van der Waals surface area contributed by atoms with Crippen LogP contribution >= 0.6 is 0 Å². The zero-order valence-electron chi connectivity index (χ0n) is 15.1. The third-order valence-electron chi connectivity index (χ3n) is 3.62. The average molecular weight is 353 g/mol. The van der Waals surface area contributed by atoms with Gasteiger partial charge in [-0.15, -0.1) is 0 Å². The molecule has 1 aromatic rings. The monoisotopic (exact) mass is 353 g/mol. The quantitative estimate of drug-likeness (QED) is 0.842. The van der Waals surface area contributed by atoms with E-state index in [1.165, 1.54) is 6.07 Å². The van der Waals surface area contributed by atoms with Crippen molar-refractivity contribution in [2.75, 3.05) is 6.61 Å². The van der Waals surface area contributed by atoms with Crippen LogP contribution in [0.2, 0.25) is 0 Å². The summed E-state index contributed by atoms with van der Waals surface area (Å²) in [5, 5.41) is 2.71. The number of benzene rings is 1. The van der Waals surface area contributed by atoms with Crippen LogP contribution in [-0.4, -0.2) is 36.4 Å². The first-order valence-electron chi connectivity index (χ1n) is 8.26. The molecule has 0 saturated heterocycles. The summed E-state index contributed by atoms with van der Waals surface area (Å²) in [6, 6.07) is 2.05. The third-order valence-corrected chi connectivity index (χ3v) is 3.62. The summed E-state index contributed by atoms with van der Waals surface area (Å²) in [4.78, 5) is 23.9. The van der Waals surface area contributed by atoms with E-state index in [0.29, 0.717) is 17.7 Å². The molecule has 1 aliphatic rings. The SMILES string of the molecule is CCOC(=O)c1cc(F)cc2c1OC(C(C)NC(=O)OC(C)(C)C)C2. The molecule has 0 spiro atoms. The lowest BCUT2D eigenvalue weighted by atomic mass is 10.0. The molecule has 138 valence electrons. The van der Waals surface area contributed by atoms with Crippen molar-refractivity contribution in [1.82, 2.24) is 5.32 Å². The fraction of sp³-hybridized carbons (Fsp3) is 0.556. The highest BCUT2D eigenvalue weighted by molar-refractivity contribution is 5.93. The van der Waals surface area contributed by atoms with Crippen LogP contribution in [0, 0.1) is 5.82 Å². The number of nitrogens with one attached hydrogen (secondary N) is 1. The maximum absolute atomic E-state index is 13.8. The Kier molecular flexibility index (Phi) is 5.55. The lowest BCUT2D eigenvalue weighted by molar-refractivity contribution is 0.0454. The molecule has 2 atom stereocenters. The van der Waals surface area contributed by atoms with Crippen LogP contribution < -0.4 is 10.1 Å². The summed E-state index contributed by atoms with van der Waals surface area (Å²) in [5.41, 5.74) is 0.0264. The molecule has 1 heterocycles. The molecule has 0 saturated carbocycles. The molecule has 7 heteroatoms. The highest BCUT2D eigenvalue weighted by Gasteiger charge is 2.33. The minimum atomic E-state index is -0.633. The molecule has 1 aliphatic heterocycles. The van der Waals surface area contributed by atoms with Crippen molar-refractivity contribution in [2.45, 2.75) is 58.8 Å². The first kappa shape index (κ1) is 19.0. The van der Waals surface area contributed by atoms with Crippen molar-refractivity contribution in [3.8, 4) is 5.75 Å². The topological polar surface area (TPSA) is 73.9 Å². The molecular formula is C18H24FNO5. The Hall–Kier alpha value is -2.31. The number of halogens is 1. The Morgan fingerprint density at radius 2 is 2.08 bits per heavy atom. The zero-order valence-corrected chi connectivity index (χ0v) is 15.1. The van der Waals surface area contributed by atoms with Gasteiger partial charge in [0, 0.05) is 12.0 Å². The molecule has 0 fully saturated rings. The second-order valence-electron chi connectivity index (χ2n) is 6.96. The van der Waals surface area contributed by atoms with Crippen LogP contribution in [0.5, 0.6) is 5.75 Å². The summed E-state index contributed by atoms with van der Waals surface area (Å²) in [6.45, 7) is 8.94. The maximum Gasteiger partial charge on any atom is 0.407 e. The summed E-state index contributed by atoms with van der Waals surface area (Å²) in [6.07, 6.45) is -0.620. The van der Waals surface area contributed by atoms with E-state index in [1.807, 2.05) is 0 Å². The Bertz CT molecular complexity index is 668. The number of amides is 1. The van der Waals surface area contributed by atoms with Crippen LogP contribution in [0.3, 0.4) is 0 Å². The van der Waals surface area contributed by atoms with Crippen molar-refractivity contribution in [3.05, 3.63) is 29.1 Å². The lowest BCUT2D eigenvalue weighted by Crippen LogP contribution is -2.45. The number of alkyl carbamates (subject to hydrolysis) is 1. The largest absolute Gasteiger partial charge is 0.487 e.